The summed E-state index contributed by atoms with van der Waals surface area (Å²) in [6, 6.07) is 38.9. The van der Waals surface area contributed by atoms with E-state index in [1.54, 1.807) is 6.08 Å². The lowest BCUT2D eigenvalue weighted by Gasteiger charge is -2.16. The van der Waals surface area contributed by atoms with Gasteiger partial charge in [-0.2, -0.15) is 4.40 Å². The highest BCUT2D eigenvalue weighted by atomic mass is 16.3. The monoisotopic (exact) mass is 578 g/mol. The van der Waals surface area contributed by atoms with Gasteiger partial charge in [-0.3, -0.25) is 10.8 Å². The summed E-state index contributed by atoms with van der Waals surface area (Å²) < 4.78 is 8.23. The molecular weight excluding hydrogens is 554 g/mol. The Balaban J connectivity index is 1.22. The zero-order valence-corrected chi connectivity index (χ0v) is 24.0. The molecule has 0 bridgehead atoms. The predicted octanol–water partition coefficient (Wildman–Crippen LogP) is 8.68. The van der Waals surface area contributed by atoms with Crippen LogP contribution in [-0.2, 0) is 0 Å². The number of allylic oxidation sites excluding steroid dienone is 1. The molecule has 0 saturated carbocycles. The number of nitrogens with zero attached hydrogens (tertiary/aromatic N) is 3. The first-order valence-electron chi connectivity index (χ1n) is 14.7. The predicted molar refractivity (Wildman–Crippen MR) is 180 cm³/mol. The highest BCUT2D eigenvalue weighted by Crippen LogP contribution is 2.36. The van der Waals surface area contributed by atoms with Crippen molar-refractivity contribution in [3.8, 4) is 33.9 Å². The second-order valence-corrected chi connectivity index (χ2v) is 11.2. The Hall–Kier alpha value is -6.27. The van der Waals surface area contributed by atoms with Crippen molar-refractivity contribution < 1.29 is 8.82 Å². The third-order valence-electron chi connectivity index (χ3n) is 8.60. The van der Waals surface area contributed by atoms with E-state index in [1.165, 1.54) is 0 Å². The van der Waals surface area contributed by atoms with Crippen LogP contribution >= 0.6 is 0 Å². The molecule has 210 valence electrons. The number of pyridine rings is 1. The van der Waals surface area contributed by atoms with Gasteiger partial charge in [-0.1, -0.05) is 82.8 Å². The Bertz CT molecular complexity index is 2590. The number of nitrogens with one attached hydrogen (secondary N) is 2. The molecule has 3 heterocycles. The summed E-state index contributed by atoms with van der Waals surface area (Å²) in [4.78, 5) is 10.2. The molecule has 5 aromatic carbocycles. The summed E-state index contributed by atoms with van der Waals surface area (Å²) in [6.07, 6.45) is 5.60. The molecule has 6 heteroatoms. The number of furan rings is 1. The standard InChI is InChI=1S/C39H24N5O/c40-31-19-18-24-16-14-23-15-17-26(22-30(23)35(24)37(31)41)25-7-5-8-27(21-25)38-42-34-13-3-4-20-44(34)39(43-38)29-10-6-12-33-36(29)28-9-1-2-11-32(28)45-33/h1-22,40-41H/q+1. The summed E-state index contributed by atoms with van der Waals surface area (Å²) >= 11 is 0. The van der Waals surface area contributed by atoms with Crippen molar-refractivity contribution in [1.29, 1.82) is 10.8 Å². The van der Waals surface area contributed by atoms with Gasteiger partial charge < -0.3 is 4.42 Å². The van der Waals surface area contributed by atoms with Crippen molar-refractivity contribution in [2.24, 2.45) is 0 Å². The van der Waals surface area contributed by atoms with Crippen LogP contribution in [0.2, 0.25) is 0 Å². The molecule has 8 aromatic rings. The molecule has 0 spiro atoms. The third kappa shape index (κ3) is 3.93. The number of hydrogen-bond donors (Lipinski definition) is 2. The maximum Gasteiger partial charge on any atom is 0.308 e. The van der Waals surface area contributed by atoms with E-state index >= 15 is 0 Å². The van der Waals surface area contributed by atoms with Crippen LogP contribution in [0.1, 0.15) is 11.1 Å². The van der Waals surface area contributed by atoms with Crippen molar-refractivity contribution >= 4 is 55.9 Å². The Morgan fingerprint density at radius 2 is 1.42 bits per heavy atom. The first-order chi connectivity index (χ1) is 22.1. The number of fused-ring (bicyclic) bond motifs is 7. The number of para-hydroxylation sites is 1. The van der Waals surface area contributed by atoms with Gasteiger partial charge in [0.05, 0.1) is 28.7 Å². The maximum atomic E-state index is 8.62. The van der Waals surface area contributed by atoms with Gasteiger partial charge in [0, 0.05) is 22.4 Å². The van der Waals surface area contributed by atoms with E-state index < -0.39 is 0 Å². The zero-order valence-electron chi connectivity index (χ0n) is 24.0. The van der Waals surface area contributed by atoms with Crippen LogP contribution in [0, 0.1) is 10.8 Å². The Morgan fingerprint density at radius 3 is 2.38 bits per heavy atom. The number of benzene rings is 5. The van der Waals surface area contributed by atoms with E-state index in [9.17, 15) is 0 Å². The van der Waals surface area contributed by atoms with Gasteiger partial charge >= 0.3 is 5.82 Å². The lowest BCUT2D eigenvalue weighted by atomic mass is 9.88. The molecule has 45 heavy (non-hydrogen) atoms. The van der Waals surface area contributed by atoms with Crippen LogP contribution in [0.5, 0.6) is 0 Å². The zero-order chi connectivity index (χ0) is 30.1. The summed E-state index contributed by atoms with van der Waals surface area (Å²) in [5, 5.41) is 20.9. The Kier molecular flexibility index (Phi) is 5.40. The van der Waals surface area contributed by atoms with Crippen molar-refractivity contribution in [3.05, 3.63) is 139 Å². The van der Waals surface area contributed by atoms with Gasteiger partial charge in [0.25, 0.3) is 11.5 Å². The van der Waals surface area contributed by atoms with Crippen molar-refractivity contribution in [2.45, 2.75) is 0 Å². The molecule has 0 aliphatic heterocycles. The van der Waals surface area contributed by atoms with Gasteiger partial charge in [-0.25, -0.2) is 0 Å². The molecule has 0 fully saturated rings. The van der Waals surface area contributed by atoms with Gasteiger partial charge in [-0.15, -0.1) is 0 Å². The van der Waals surface area contributed by atoms with Crippen LogP contribution in [0.25, 0.3) is 78.3 Å². The van der Waals surface area contributed by atoms with Crippen LogP contribution < -0.4 is 4.40 Å². The highest BCUT2D eigenvalue weighted by molar-refractivity contribution is 6.53. The molecule has 0 amide bonds. The second kappa shape index (κ2) is 9.62. The smallest absolute Gasteiger partial charge is 0.308 e. The lowest BCUT2D eigenvalue weighted by molar-refractivity contribution is -0.505. The largest absolute Gasteiger partial charge is 0.456 e. The molecule has 2 N–H and O–H groups in total. The molecule has 0 saturated heterocycles. The first-order valence-corrected chi connectivity index (χ1v) is 14.7. The van der Waals surface area contributed by atoms with Crippen molar-refractivity contribution in [2.75, 3.05) is 0 Å². The van der Waals surface area contributed by atoms with Gasteiger partial charge in [-0.05, 0) is 76.0 Å². The van der Waals surface area contributed by atoms with Crippen molar-refractivity contribution in [1.82, 2.24) is 9.97 Å². The minimum absolute atomic E-state index is 0.226. The number of hydrogen-bond acceptors (Lipinski definition) is 5. The lowest BCUT2D eigenvalue weighted by Crippen LogP contribution is -2.27. The minimum Gasteiger partial charge on any atom is -0.456 e. The average molecular weight is 579 g/mol. The topological polar surface area (TPSA) is 90.7 Å². The van der Waals surface area contributed by atoms with Gasteiger partial charge in [0.1, 0.15) is 11.2 Å². The molecule has 1 aliphatic carbocycles. The second-order valence-electron chi connectivity index (χ2n) is 11.2. The van der Waals surface area contributed by atoms with E-state index in [1.807, 2.05) is 83.4 Å². The Labute approximate surface area is 257 Å². The third-order valence-corrected chi connectivity index (χ3v) is 8.60. The van der Waals surface area contributed by atoms with E-state index in [2.05, 4.69) is 48.5 Å². The van der Waals surface area contributed by atoms with Crippen LogP contribution in [0.4, 0.5) is 0 Å². The fraction of sp³-hybridized carbons (Fsp3) is 0. The molecule has 0 atom stereocenters. The van der Waals surface area contributed by atoms with E-state index in [0.29, 0.717) is 5.82 Å². The molecule has 6 nitrogen and oxygen atoms in total. The van der Waals surface area contributed by atoms with Crippen LogP contribution in [-0.4, -0.2) is 21.4 Å². The molecule has 0 unspecified atom stereocenters. The molecule has 0 radical (unpaired) electrons. The van der Waals surface area contributed by atoms with E-state index in [4.69, 9.17) is 25.2 Å². The van der Waals surface area contributed by atoms with E-state index in [0.717, 1.165) is 77.6 Å². The summed E-state index contributed by atoms with van der Waals surface area (Å²) in [7, 11) is 0. The van der Waals surface area contributed by atoms with Crippen molar-refractivity contribution in [3.63, 3.8) is 0 Å². The molecule has 1 aliphatic rings. The highest BCUT2D eigenvalue weighted by Gasteiger charge is 2.24. The SMILES string of the molecule is N=C1C=Cc2ccc3ccc(-c4cccc(-c5nc(-c6cccc7oc8ccccc8c67)[n+]6ccccc6n5)c4)cc3c2C1=N. The molecule has 3 aromatic heterocycles. The molecular formula is C39H24N5O+. The molecule has 9 rings (SSSR count). The summed E-state index contributed by atoms with van der Waals surface area (Å²) in [5.41, 5.74) is 8.61. The van der Waals surface area contributed by atoms with Gasteiger partial charge in [0.15, 0.2) is 0 Å². The summed E-state index contributed by atoms with van der Waals surface area (Å²) in [5.74, 6) is 1.41. The normalized spacial score (nSPS) is 12.9. The van der Waals surface area contributed by atoms with Crippen LogP contribution in [0.3, 0.4) is 0 Å². The van der Waals surface area contributed by atoms with Gasteiger partial charge in [0.2, 0.25) is 0 Å². The van der Waals surface area contributed by atoms with Crippen LogP contribution in [0.15, 0.2) is 132 Å². The fourth-order valence-corrected chi connectivity index (χ4v) is 6.43. The Morgan fingerprint density at radius 1 is 0.622 bits per heavy atom. The quantitative estimate of drug-likeness (QED) is 0.206. The fourth-order valence-electron chi connectivity index (χ4n) is 6.43. The number of rotatable bonds is 3. The number of aromatic nitrogens is 3. The average Bonchev–Trinajstić information content (AvgIpc) is 3.48. The maximum absolute atomic E-state index is 8.62. The summed E-state index contributed by atoms with van der Waals surface area (Å²) in [6.45, 7) is 0. The van der Waals surface area contributed by atoms with E-state index in [-0.39, 0.29) is 11.4 Å². The first kappa shape index (κ1) is 25.2. The minimum atomic E-state index is 0.226.